The Balaban J connectivity index is 1.29. The van der Waals surface area contributed by atoms with E-state index in [1.807, 2.05) is 31.5 Å². The molecule has 0 amide bonds. The van der Waals surface area contributed by atoms with Gasteiger partial charge in [-0.1, -0.05) is 11.6 Å². The summed E-state index contributed by atoms with van der Waals surface area (Å²) >= 11 is 0. The third-order valence-corrected chi connectivity index (χ3v) is 7.34. The Labute approximate surface area is 199 Å². The number of imidazole rings is 1. The summed E-state index contributed by atoms with van der Waals surface area (Å²) in [6, 6.07) is 8.55. The first-order valence-corrected chi connectivity index (χ1v) is 11.7. The minimum Gasteiger partial charge on any atom is -0.486 e. The van der Waals surface area contributed by atoms with E-state index in [9.17, 15) is 10.1 Å². The molecule has 34 heavy (non-hydrogen) atoms. The third kappa shape index (κ3) is 3.85. The molecule has 176 valence electrons. The van der Waals surface area contributed by atoms with Gasteiger partial charge in [-0.3, -0.25) is 10.1 Å². The van der Waals surface area contributed by atoms with E-state index in [1.54, 1.807) is 12.5 Å². The van der Waals surface area contributed by atoms with Crippen molar-refractivity contribution < 1.29 is 9.66 Å². The van der Waals surface area contributed by atoms with E-state index in [0.29, 0.717) is 12.0 Å². The topological polar surface area (TPSA) is 73.4 Å². The Morgan fingerprint density at radius 1 is 1.12 bits per heavy atom. The van der Waals surface area contributed by atoms with Crippen molar-refractivity contribution in [2.75, 3.05) is 18.0 Å². The minimum atomic E-state index is -0.375. The predicted molar refractivity (Wildman–Crippen MR) is 133 cm³/mol. The van der Waals surface area contributed by atoms with Crippen molar-refractivity contribution in [1.82, 2.24) is 9.55 Å². The zero-order valence-corrected chi connectivity index (χ0v) is 20.2. The van der Waals surface area contributed by atoms with E-state index >= 15 is 0 Å². The fourth-order valence-corrected chi connectivity index (χ4v) is 5.38. The van der Waals surface area contributed by atoms with Gasteiger partial charge in [0, 0.05) is 72.0 Å². The number of hydrogen-bond acceptors (Lipinski definition) is 5. The zero-order valence-electron chi connectivity index (χ0n) is 20.2. The van der Waals surface area contributed by atoms with Gasteiger partial charge in [-0.05, 0) is 58.4 Å². The molecule has 0 N–H and O–H groups in total. The van der Waals surface area contributed by atoms with Crippen molar-refractivity contribution in [2.45, 2.75) is 52.6 Å². The number of aromatic nitrogens is 2. The van der Waals surface area contributed by atoms with Gasteiger partial charge in [0.2, 0.25) is 0 Å². The summed E-state index contributed by atoms with van der Waals surface area (Å²) in [5, 5.41) is 11.6. The normalized spacial score (nSPS) is 19.5. The summed E-state index contributed by atoms with van der Waals surface area (Å²) < 4.78 is 8.50. The Morgan fingerprint density at radius 2 is 1.85 bits per heavy atom. The molecule has 2 aliphatic rings. The van der Waals surface area contributed by atoms with E-state index in [0.717, 1.165) is 54.1 Å². The molecule has 0 fully saturated rings. The summed E-state index contributed by atoms with van der Waals surface area (Å²) in [6.45, 7) is 9.57. The van der Waals surface area contributed by atoms with Crippen molar-refractivity contribution in [3.05, 3.63) is 87.0 Å². The first-order chi connectivity index (χ1) is 16.3. The van der Waals surface area contributed by atoms with Gasteiger partial charge in [0.25, 0.3) is 5.69 Å². The number of nitrogens with zero attached hydrogens (tertiary/aromatic N) is 4. The largest absolute Gasteiger partial charge is 0.486 e. The monoisotopic (exact) mass is 458 g/mol. The van der Waals surface area contributed by atoms with E-state index in [1.165, 1.54) is 11.3 Å². The van der Waals surface area contributed by atoms with Crippen LogP contribution in [-0.4, -0.2) is 33.2 Å². The molecular formula is C27H30N4O3. The SMILES string of the molecule is Cc1c(C)c([N+](=O)[O-])c(C)c2c1OC(C)(CC1=CCN(c3ccc(-n4ccnc4)cc3)CC1)C2. The van der Waals surface area contributed by atoms with Crippen LogP contribution in [0.3, 0.4) is 0 Å². The van der Waals surface area contributed by atoms with Crippen LogP contribution in [0.2, 0.25) is 0 Å². The van der Waals surface area contributed by atoms with E-state index < -0.39 is 0 Å². The Morgan fingerprint density at radius 3 is 2.47 bits per heavy atom. The van der Waals surface area contributed by atoms with Crippen molar-refractivity contribution in [1.29, 1.82) is 0 Å². The van der Waals surface area contributed by atoms with Crippen LogP contribution < -0.4 is 9.64 Å². The quantitative estimate of drug-likeness (QED) is 0.282. The second kappa shape index (κ2) is 8.31. The minimum absolute atomic E-state index is 0.232. The van der Waals surface area contributed by atoms with Gasteiger partial charge in [-0.2, -0.15) is 0 Å². The van der Waals surface area contributed by atoms with Crippen LogP contribution in [0.15, 0.2) is 54.6 Å². The van der Waals surface area contributed by atoms with Crippen molar-refractivity contribution in [2.24, 2.45) is 0 Å². The predicted octanol–water partition coefficient (Wildman–Crippen LogP) is 5.63. The molecular weight excluding hydrogens is 428 g/mol. The fourth-order valence-electron chi connectivity index (χ4n) is 5.38. The van der Waals surface area contributed by atoms with Crippen LogP contribution in [0.4, 0.5) is 11.4 Å². The second-order valence-corrected chi connectivity index (χ2v) is 9.74. The first-order valence-electron chi connectivity index (χ1n) is 11.7. The number of fused-ring (bicyclic) bond motifs is 1. The molecule has 0 saturated heterocycles. The highest BCUT2D eigenvalue weighted by Gasteiger charge is 2.40. The summed E-state index contributed by atoms with van der Waals surface area (Å²) in [4.78, 5) is 17.9. The van der Waals surface area contributed by atoms with Crippen LogP contribution in [0.1, 0.15) is 42.0 Å². The maximum absolute atomic E-state index is 11.6. The molecule has 0 saturated carbocycles. The van der Waals surface area contributed by atoms with E-state index in [-0.39, 0.29) is 16.2 Å². The van der Waals surface area contributed by atoms with Gasteiger partial charge < -0.3 is 14.2 Å². The Bertz CT molecular complexity index is 1280. The van der Waals surface area contributed by atoms with Crippen molar-refractivity contribution >= 4 is 11.4 Å². The summed E-state index contributed by atoms with van der Waals surface area (Å²) in [5.41, 5.74) is 6.89. The van der Waals surface area contributed by atoms with Crippen LogP contribution >= 0.6 is 0 Å². The fraction of sp³-hybridized carbons (Fsp3) is 0.370. The van der Waals surface area contributed by atoms with Crippen LogP contribution in [0, 0.1) is 30.9 Å². The van der Waals surface area contributed by atoms with E-state index in [2.05, 4.69) is 47.1 Å². The second-order valence-electron chi connectivity index (χ2n) is 9.74. The van der Waals surface area contributed by atoms with Crippen LogP contribution in [0.5, 0.6) is 5.75 Å². The molecule has 0 radical (unpaired) electrons. The van der Waals surface area contributed by atoms with Gasteiger partial charge >= 0.3 is 0 Å². The molecule has 0 bridgehead atoms. The Hall–Kier alpha value is -3.61. The van der Waals surface area contributed by atoms with Crippen molar-refractivity contribution in [3.63, 3.8) is 0 Å². The molecule has 1 unspecified atom stereocenters. The lowest BCUT2D eigenvalue weighted by Gasteiger charge is -2.32. The third-order valence-electron chi connectivity index (χ3n) is 7.34. The summed E-state index contributed by atoms with van der Waals surface area (Å²) in [6.07, 6.45) is 10.4. The number of anilines is 1. The Kier molecular flexibility index (Phi) is 5.42. The first kappa shape index (κ1) is 22.2. The summed E-state index contributed by atoms with van der Waals surface area (Å²) in [5.74, 6) is 0.846. The number of nitro groups is 1. The number of hydrogen-bond donors (Lipinski definition) is 0. The molecule has 7 nitrogen and oxygen atoms in total. The highest BCUT2D eigenvalue weighted by Crippen LogP contribution is 2.47. The van der Waals surface area contributed by atoms with Gasteiger partial charge in [0.15, 0.2) is 0 Å². The van der Waals surface area contributed by atoms with Gasteiger partial charge in [0.1, 0.15) is 11.4 Å². The van der Waals surface area contributed by atoms with Crippen LogP contribution in [-0.2, 0) is 6.42 Å². The summed E-state index contributed by atoms with van der Waals surface area (Å²) in [7, 11) is 0. The molecule has 2 aromatic carbocycles. The van der Waals surface area contributed by atoms with Crippen LogP contribution in [0.25, 0.3) is 5.69 Å². The molecule has 5 rings (SSSR count). The van der Waals surface area contributed by atoms with Gasteiger partial charge in [-0.15, -0.1) is 0 Å². The number of nitro benzene ring substituents is 1. The average Bonchev–Trinajstić information content (AvgIpc) is 3.47. The molecule has 1 aromatic heterocycles. The molecule has 3 aromatic rings. The lowest BCUT2D eigenvalue weighted by atomic mass is 9.87. The lowest BCUT2D eigenvalue weighted by Crippen LogP contribution is -2.34. The number of ether oxygens (including phenoxy) is 1. The molecule has 0 spiro atoms. The van der Waals surface area contributed by atoms with E-state index in [4.69, 9.17) is 4.74 Å². The van der Waals surface area contributed by atoms with Gasteiger partial charge in [-0.25, -0.2) is 4.98 Å². The smallest absolute Gasteiger partial charge is 0.275 e. The highest BCUT2D eigenvalue weighted by atomic mass is 16.6. The molecule has 1 atom stereocenters. The molecule has 3 heterocycles. The standard InChI is InChI=1S/C27H30N4O3/c1-18-19(2)26-24(20(3)25(18)31(32)33)16-27(4,34-26)15-21-9-12-29(13-10-21)22-5-7-23(8-6-22)30-14-11-28-17-30/h5-9,11,14,17H,10,12-13,15-16H2,1-4H3. The number of rotatable bonds is 5. The maximum Gasteiger partial charge on any atom is 0.275 e. The average molecular weight is 459 g/mol. The zero-order chi connectivity index (χ0) is 24.0. The maximum atomic E-state index is 11.6. The molecule has 0 aliphatic carbocycles. The lowest BCUT2D eigenvalue weighted by molar-refractivity contribution is -0.386. The number of benzene rings is 2. The molecule has 7 heteroatoms. The van der Waals surface area contributed by atoms with Crippen molar-refractivity contribution in [3.8, 4) is 11.4 Å². The highest BCUT2D eigenvalue weighted by molar-refractivity contribution is 5.63. The van der Waals surface area contributed by atoms with Gasteiger partial charge in [0.05, 0.1) is 11.3 Å². The molecule has 2 aliphatic heterocycles.